The molecule has 0 radical (unpaired) electrons. The molecule has 0 aliphatic heterocycles. The quantitative estimate of drug-likeness (QED) is 0.599. The van der Waals surface area contributed by atoms with Crippen LogP contribution in [0.5, 0.6) is 0 Å². The minimum Gasteiger partial charge on any atom is -0.462 e. The average molecular weight is 354 g/mol. The summed E-state index contributed by atoms with van der Waals surface area (Å²) in [6, 6.07) is 7.63. The molecule has 1 aromatic carbocycles. The van der Waals surface area contributed by atoms with Crippen molar-refractivity contribution in [2.45, 2.75) is 53.5 Å². The number of nitrogens with zero attached hydrogens (tertiary/aromatic N) is 2. The van der Waals surface area contributed by atoms with Crippen LogP contribution in [0.1, 0.15) is 62.9 Å². The van der Waals surface area contributed by atoms with Crippen molar-refractivity contribution in [1.82, 2.24) is 9.55 Å². The van der Waals surface area contributed by atoms with Gasteiger partial charge in [0.25, 0.3) is 0 Å². The lowest BCUT2D eigenvalue weighted by molar-refractivity contribution is 0.0526. The van der Waals surface area contributed by atoms with Crippen LogP contribution < -0.4 is 0 Å². The summed E-state index contributed by atoms with van der Waals surface area (Å²) in [5, 5.41) is 0. The Morgan fingerprint density at radius 3 is 2.69 bits per heavy atom. The predicted octanol–water partition coefficient (Wildman–Crippen LogP) is 5.36. The first-order valence-corrected chi connectivity index (χ1v) is 9.30. The Labute approximate surface area is 156 Å². The van der Waals surface area contributed by atoms with E-state index < -0.39 is 0 Å². The highest BCUT2D eigenvalue weighted by molar-refractivity contribution is 5.93. The zero-order chi connectivity index (χ0) is 19.0. The number of ether oxygens (including phenoxy) is 1. The molecule has 0 saturated heterocycles. The number of benzene rings is 1. The van der Waals surface area contributed by atoms with E-state index in [1.807, 2.05) is 43.7 Å². The molecule has 0 fully saturated rings. The SMILES string of the molecule is CCOC(=O)c1ccccc1C=C(CCCC(C)(C)C)Cn1ccnc1. The van der Waals surface area contributed by atoms with E-state index in [0.29, 0.717) is 17.6 Å². The number of esters is 1. The van der Waals surface area contributed by atoms with E-state index >= 15 is 0 Å². The van der Waals surface area contributed by atoms with Gasteiger partial charge in [-0.2, -0.15) is 0 Å². The molecule has 0 aliphatic rings. The van der Waals surface area contributed by atoms with E-state index in [1.54, 1.807) is 6.20 Å². The fourth-order valence-electron chi connectivity index (χ4n) is 2.89. The lowest BCUT2D eigenvalue weighted by atomic mass is 9.88. The Morgan fingerprint density at radius 2 is 2.04 bits per heavy atom. The Bertz CT molecular complexity index is 725. The topological polar surface area (TPSA) is 44.1 Å². The minimum absolute atomic E-state index is 0.268. The fraction of sp³-hybridized carbons (Fsp3) is 0.455. The van der Waals surface area contributed by atoms with E-state index in [1.165, 1.54) is 5.57 Å². The summed E-state index contributed by atoms with van der Waals surface area (Å²) in [5.74, 6) is -0.268. The standard InChI is InChI=1S/C22H30N2O2/c1-5-26-21(25)20-11-7-6-10-19(20)15-18(9-8-12-22(2,3)4)16-24-14-13-23-17-24/h6-7,10-11,13-15,17H,5,8-9,12,16H2,1-4H3. The van der Waals surface area contributed by atoms with Gasteiger partial charge in [-0.1, -0.05) is 45.0 Å². The maximum atomic E-state index is 12.2. The lowest BCUT2D eigenvalue weighted by Gasteiger charge is -2.18. The number of carbonyl (C=O) groups is 1. The van der Waals surface area contributed by atoms with Crippen LogP contribution in [0.25, 0.3) is 6.08 Å². The Hall–Kier alpha value is -2.36. The minimum atomic E-state index is -0.268. The van der Waals surface area contributed by atoms with Crippen LogP contribution in [-0.4, -0.2) is 22.1 Å². The van der Waals surface area contributed by atoms with Crippen molar-refractivity contribution in [3.63, 3.8) is 0 Å². The molecule has 0 spiro atoms. The number of rotatable bonds is 8. The first-order chi connectivity index (χ1) is 12.4. The maximum absolute atomic E-state index is 12.2. The number of imidazole rings is 1. The van der Waals surface area contributed by atoms with Gasteiger partial charge < -0.3 is 9.30 Å². The van der Waals surface area contributed by atoms with Gasteiger partial charge in [-0.05, 0) is 48.8 Å². The van der Waals surface area contributed by atoms with Crippen molar-refractivity contribution in [1.29, 1.82) is 0 Å². The van der Waals surface area contributed by atoms with E-state index in [4.69, 9.17) is 4.74 Å². The van der Waals surface area contributed by atoms with Gasteiger partial charge in [0.2, 0.25) is 0 Å². The van der Waals surface area contributed by atoms with E-state index in [-0.39, 0.29) is 5.97 Å². The van der Waals surface area contributed by atoms with Crippen molar-refractivity contribution in [2.75, 3.05) is 6.61 Å². The maximum Gasteiger partial charge on any atom is 0.338 e. The van der Waals surface area contributed by atoms with Crippen molar-refractivity contribution >= 4 is 12.0 Å². The number of hydrogen-bond acceptors (Lipinski definition) is 3. The van der Waals surface area contributed by atoms with E-state index in [2.05, 4.69) is 36.4 Å². The molecule has 0 N–H and O–H groups in total. The molecule has 1 aromatic heterocycles. The summed E-state index contributed by atoms with van der Waals surface area (Å²) in [7, 11) is 0. The Kier molecular flexibility index (Phi) is 7.19. The van der Waals surface area contributed by atoms with Gasteiger partial charge in [-0.3, -0.25) is 0 Å². The zero-order valence-corrected chi connectivity index (χ0v) is 16.4. The van der Waals surface area contributed by atoms with Gasteiger partial charge in [0.05, 0.1) is 18.5 Å². The van der Waals surface area contributed by atoms with Crippen molar-refractivity contribution in [2.24, 2.45) is 5.41 Å². The third-order valence-electron chi connectivity index (χ3n) is 4.19. The smallest absolute Gasteiger partial charge is 0.338 e. The molecular weight excluding hydrogens is 324 g/mol. The monoisotopic (exact) mass is 354 g/mol. The molecule has 0 saturated carbocycles. The summed E-state index contributed by atoms with van der Waals surface area (Å²) in [6.45, 7) is 9.78. The third-order valence-corrected chi connectivity index (χ3v) is 4.19. The molecule has 4 heteroatoms. The highest BCUT2D eigenvalue weighted by Crippen LogP contribution is 2.25. The first kappa shape index (κ1) is 20.0. The normalized spacial score (nSPS) is 12.2. The molecule has 0 aliphatic carbocycles. The number of allylic oxidation sites excluding steroid dienone is 1. The molecule has 26 heavy (non-hydrogen) atoms. The molecule has 4 nitrogen and oxygen atoms in total. The summed E-state index contributed by atoms with van der Waals surface area (Å²) in [5.41, 5.74) is 3.14. The second kappa shape index (κ2) is 9.37. The summed E-state index contributed by atoms with van der Waals surface area (Å²) in [4.78, 5) is 16.4. The average Bonchev–Trinajstić information content (AvgIpc) is 3.07. The molecular formula is C22H30N2O2. The fourth-order valence-corrected chi connectivity index (χ4v) is 2.89. The largest absolute Gasteiger partial charge is 0.462 e. The first-order valence-electron chi connectivity index (χ1n) is 9.30. The number of carbonyl (C=O) groups excluding carboxylic acids is 1. The van der Waals surface area contributed by atoms with Crippen LogP contribution in [0.15, 0.2) is 48.6 Å². The molecule has 2 aromatic rings. The number of hydrogen-bond donors (Lipinski definition) is 0. The van der Waals surface area contributed by atoms with E-state index in [9.17, 15) is 4.79 Å². The zero-order valence-electron chi connectivity index (χ0n) is 16.4. The van der Waals surface area contributed by atoms with Crippen LogP contribution in [0.4, 0.5) is 0 Å². The van der Waals surface area contributed by atoms with Gasteiger partial charge in [0, 0.05) is 18.9 Å². The second-order valence-electron chi connectivity index (χ2n) is 7.76. The summed E-state index contributed by atoms with van der Waals surface area (Å²) < 4.78 is 7.26. The van der Waals surface area contributed by atoms with Crippen LogP contribution in [0, 0.1) is 5.41 Å². The molecule has 0 amide bonds. The molecule has 1 heterocycles. The molecule has 140 valence electrons. The molecule has 0 unspecified atom stereocenters. The van der Waals surface area contributed by atoms with E-state index in [0.717, 1.165) is 31.4 Å². The van der Waals surface area contributed by atoms with Gasteiger partial charge in [-0.25, -0.2) is 9.78 Å². The summed E-state index contributed by atoms with van der Waals surface area (Å²) >= 11 is 0. The van der Waals surface area contributed by atoms with Crippen molar-refractivity contribution in [3.05, 3.63) is 59.7 Å². The Balaban J connectivity index is 2.24. The third kappa shape index (κ3) is 6.51. The Morgan fingerprint density at radius 1 is 1.27 bits per heavy atom. The van der Waals surface area contributed by atoms with Gasteiger partial charge in [-0.15, -0.1) is 0 Å². The molecule has 2 rings (SSSR count). The highest BCUT2D eigenvalue weighted by Gasteiger charge is 2.13. The van der Waals surface area contributed by atoms with Crippen LogP contribution in [0.3, 0.4) is 0 Å². The van der Waals surface area contributed by atoms with Gasteiger partial charge >= 0.3 is 5.97 Å². The van der Waals surface area contributed by atoms with Gasteiger partial charge in [0.15, 0.2) is 0 Å². The van der Waals surface area contributed by atoms with Crippen LogP contribution in [-0.2, 0) is 11.3 Å². The van der Waals surface area contributed by atoms with Crippen LogP contribution >= 0.6 is 0 Å². The van der Waals surface area contributed by atoms with Gasteiger partial charge in [0.1, 0.15) is 0 Å². The predicted molar refractivity (Wildman–Crippen MR) is 106 cm³/mol. The number of aromatic nitrogens is 2. The molecule has 0 atom stereocenters. The van der Waals surface area contributed by atoms with Crippen molar-refractivity contribution < 1.29 is 9.53 Å². The second-order valence-corrected chi connectivity index (χ2v) is 7.76. The van der Waals surface area contributed by atoms with Crippen molar-refractivity contribution in [3.8, 4) is 0 Å². The summed E-state index contributed by atoms with van der Waals surface area (Å²) in [6.07, 6.45) is 11.0. The molecule has 0 bridgehead atoms. The lowest BCUT2D eigenvalue weighted by Crippen LogP contribution is -2.08. The highest BCUT2D eigenvalue weighted by atomic mass is 16.5. The van der Waals surface area contributed by atoms with Crippen LogP contribution in [0.2, 0.25) is 0 Å².